The van der Waals surface area contributed by atoms with Crippen molar-refractivity contribution < 1.29 is 36.2 Å². The molecule has 1 atom stereocenters. The number of aliphatic hydroxyl groups is 1. The third-order valence-electron chi connectivity index (χ3n) is 7.14. The SMILES string of the molecule is OC(Cn1cncn1)(c1ccc(F)cc1F)C(F)(F)C12CC(c3ccc(OC(F)F)cc3)(C1)C2. The predicted molar refractivity (Wildman–Crippen MR) is 106 cm³/mol. The molecule has 3 aromatic rings. The molecule has 0 amide bonds. The molecule has 6 rings (SSSR count). The molecule has 2 bridgehead atoms. The summed E-state index contributed by atoms with van der Waals surface area (Å²) in [6.45, 7) is -3.77. The summed E-state index contributed by atoms with van der Waals surface area (Å²) < 4.78 is 90.4. The molecule has 3 aliphatic rings. The number of ether oxygens (including phenoxy) is 1. The van der Waals surface area contributed by atoms with E-state index in [2.05, 4.69) is 14.8 Å². The van der Waals surface area contributed by atoms with Crippen LogP contribution in [0.3, 0.4) is 0 Å². The van der Waals surface area contributed by atoms with Crippen LogP contribution in [-0.4, -0.2) is 32.4 Å². The number of nitrogens with zero attached hydrogens (tertiary/aromatic N) is 3. The van der Waals surface area contributed by atoms with Gasteiger partial charge in [-0.15, -0.1) is 0 Å². The second-order valence-electron chi connectivity index (χ2n) is 9.15. The Morgan fingerprint density at radius 2 is 1.74 bits per heavy atom. The van der Waals surface area contributed by atoms with E-state index in [0.29, 0.717) is 11.6 Å². The Balaban J connectivity index is 1.44. The first-order valence-electron chi connectivity index (χ1n) is 10.4. The Morgan fingerprint density at radius 3 is 2.29 bits per heavy atom. The molecule has 1 N–H and O–H groups in total. The van der Waals surface area contributed by atoms with Gasteiger partial charge >= 0.3 is 6.61 Å². The fraction of sp³-hybridized carbons (Fsp3) is 0.391. The highest BCUT2D eigenvalue weighted by Crippen LogP contribution is 2.80. The van der Waals surface area contributed by atoms with Crippen LogP contribution < -0.4 is 4.74 Å². The van der Waals surface area contributed by atoms with Gasteiger partial charge in [0, 0.05) is 17.0 Å². The Morgan fingerprint density at radius 1 is 1.06 bits per heavy atom. The maximum Gasteiger partial charge on any atom is 0.387 e. The van der Waals surface area contributed by atoms with Crippen molar-refractivity contribution >= 4 is 0 Å². The maximum absolute atomic E-state index is 16.1. The van der Waals surface area contributed by atoms with Gasteiger partial charge < -0.3 is 9.84 Å². The molecule has 34 heavy (non-hydrogen) atoms. The first kappa shape index (κ1) is 22.7. The Bertz CT molecular complexity index is 1180. The van der Waals surface area contributed by atoms with E-state index in [1.54, 1.807) is 12.1 Å². The first-order chi connectivity index (χ1) is 16.0. The smallest absolute Gasteiger partial charge is 0.387 e. The molecule has 3 aliphatic carbocycles. The van der Waals surface area contributed by atoms with Crippen LogP contribution >= 0.6 is 0 Å². The molecule has 0 saturated heterocycles. The number of hydrogen-bond donors (Lipinski definition) is 1. The number of rotatable bonds is 8. The standard InChI is InChI=1S/C23H19F6N3O2/c24-15-3-6-17(18(25)7-15)22(33,11-32-13-30-12-31-32)23(28,29)21-8-20(9-21,10-21)14-1-4-16(5-2-14)34-19(26)27/h1-7,12-13,19,33H,8-11H2. The van der Waals surface area contributed by atoms with Gasteiger partial charge in [0.15, 0.2) is 5.60 Å². The minimum Gasteiger partial charge on any atom is -0.435 e. The maximum atomic E-state index is 16.1. The summed E-state index contributed by atoms with van der Waals surface area (Å²) in [7, 11) is 0. The lowest BCUT2D eigenvalue weighted by Crippen LogP contribution is -2.76. The average molecular weight is 483 g/mol. The molecule has 2 aromatic carbocycles. The highest BCUT2D eigenvalue weighted by atomic mass is 19.3. The lowest BCUT2D eigenvalue weighted by molar-refractivity contribution is -0.347. The normalized spacial score (nSPS) is 25.4. The zero-order valence-electron chi connectivity index (χ0n) is 17.6. The Kier molecular flexibility index (Phi) is 4.98. The van der Waals surface area contributed by atoms with Crippen LogP contribution in [0.4, 0.5) is 26.3 Å². The number of benzene rings is 2. The third-order valence-corrected chi connectivity index (χ3v) is 7.14. The molecule has 1 aromatic heterocycles. The number of halogens is 6. The van der Waals surface area contributed by atoms with Crippen molar-refractivity contribution in [2.45, 2.75) is 49.4 Å². The third kappa shape index (κ3) is 3.20. The second-order valence-corrected chi connectivity index (χ2v) is 9.15. The molecule has 3 fully saturated rings. The van der Waals surface area contributed by atoms with Crippen LogP contribution in [0.15, 0.2) is 55.1 Å². The predicted octanol–water partition coefficient (Wildman–Crippen LogP) is 4.80. The van der Waals surface area contributed by atoms with Crippen molar-refractivity contribution in [3.8, 4) is 5.75 Å². The molecule has 5 nitrogen and oxygen atoms in total. The summed E-state index contributed by atoms with van der Waals surface area (Å²) in [5, 5.41) is 15.1. The Labute approximate surface area is 190 Å². The summed E-state index contributed by atoms with van der Waals surface area (Å²) >= 11 is 0. The number of alkyl halides is 4. The van der Waals surface area contributed by atoms with Crippen molar-refractivity contribution in [1.82, 2.24) is 14.8 Å². The van der Waals surface area contributed by atoms with Gasteiger partial charge in [0.05, 0.1) is 6.54 Å². The molecule has 180 valence electrons. The largest absolute Gasteiger partial charge is 0.435 e. The molecular weight excluding hydrogens is 464 g/mol. The molecule has 0 spiro atoms. The van der Waals surface area contributed by atoms with E-state index >= 15 is 8.78 Å². The average Bonchev–Trinajstić information content (AvgIpc) is 3.19. The van der Waals surface area contributed by atoms with E-state index in [0.717, 1.165) is 29.5 Å². The van der Waals surface area contributed by atoms with E-state index in [-0.39, 0.29) is 25.0 Å². The molecule has 0 aliphatic heterocycles. The van der Waals surface area contributed by atoms with Gasteiger partial charge in [-0.2, -0.15) is 13.9 Å². The molecular formula is C23H19F6N3O2. The topological polar surface area (TPSA) is 60.2 Å². The van der Waals surface area contributed by atoms with Gasteiger partial charge in [0.1, 0.15) is 30.0 Å². The van der Waals surface area contributed by atoms with Crippen LogP contribution in [0, 0.1) is 17.0 Å². The molecule has 1 heterocycles. The van der Waals surface area contributed by atoms with E-state index in [1.807, 2.05) is 0 Å². The van der Waals surface area contributed by atoms with Crippen LogP contribution in [0.1, 0.15) is 30.4 Å². The summed E-state index contributed by atoms with van der Waals surface area (Å²) in [5.74, 6) is -6.11. The summed E-state index contributed by atoms with van der Waals surface area (Å²) in [5.41, 5.74) is -5.29. The van der Waals surface area contributed by atoms with Crippen LogP contribution in [-0.2, 0) is 17.6 Å². The van der Waals surface area contributed by atoms with E-state index < -0.39 is 52.7 Å². The molecule has 3 saturated carbocycles. The van der Waals surface area contributed by atoms with Crippen LogP contribution in [0.2, 0.25) is 0 Å². The number of aromatic nitrogens is 3. The van der Waals surface area contributed by atoms with Crippen molar-refractivity contribution in [3.63, 3.8) is 0 Å². The van der Waals surface area contributed by atoms with Crippen molar-refractivity contribution in [2.24, 2.45) is 5.41 Å². The zero-order valence-corrected chi connectivity index (χ0v) is 17.6. The summed E-state index contributed by atoms with van der Waals surface area (Å²) in [6, 6.07) is 7.89. The van der Waals surface area contributed by atoms with E-state index in [9.17, 15) is 22.7 Å². The molecule has 1 unspecified atom stereocenters. The Hall–Kier alpha value is -3.08. The lowest BCUT2D eigenvalue weighted by Gasteiger charge is -2.74. The molecule has 0 radical (unpaired) electrons. The minimum atomic E-state index is -3.81. The van der Waals surface area contributed by atoms with Crippen LogP contribution in [0.5, 0.6) is 5.75 Å². The van der Waals surface area contributed by atoms with Gasteiger partial charge in [0.2, 0.25) is 0 Å². The second kappa shape index (κ2) is 7.46. The van der Waals surface area contributed by atoms with Gasteiger partial charge in [-0.25, -0.2) is 27.2 Å². The fourth-order valence-corrected chi connectivity index (χ4v) is 5.58. The van der Waals surface area contributed by atoms with Crippen molar-refractivity contribution in [1.29, 1.82) is 0 Å². The fourth-order valence-electron chi connectivity index (χ4n) is 5.58. The first-order valence-corrected chi connectivity index (χ1v) is 10.4. The summed E-state index contributed by atoms with van der Waals surface area (Å²) in [4.78, 5) is 3.69. The van der Waals surface area contributed by atoms with E-state index in [4.69, 9.17) is 0 Å². The minimum absolute atomic E-state index is 0.00450. The van der Waals surface area contributed by atoms with E-state index in [1.165, 1.54) is 12.1 Å². The quantitative estimate of drug-likeness (QED) is 0.468. The highest BCUT2D eigenvalue weighted by molar-refractivity contribution is 5.44. The van der Waals surface area contributed by atoms with Gasteiger partial charge in [-0.05, 0) is 54.5 Å². The number of hydrogen-bond acceptors (Lipinski definition) is 4. The van der Waals surface area contributed by atoms with Crippen LogP contribution in [0.25, 0.3) is 0 Å². The van der Waals surface area contributed by atoms with Gasteiger partial charge in [0.25, 0.3) is 5.92 Å². The van der Waals surface area contributed by atoms with Crippen molar-refractivity contribution in [3.05, 3.63) is 77.9 Å². The summed E-state index contributed by atoms with van der Waals surface area (Å²) in [6.07, 6.45) is 2.23. The molecule has 11 heteroatoms. The van der Waals surface area contributed by atoms with Crippen molar-refractivity contribution in [2.75, 3.05) is 0 Å². The zero-order chi connectivity index (χ0) is 24.4. The highest BCUT2D eigenvalue weighted by Gasteiger charge is 2.82. The monoisotopic (exact) mass is 483 g/mol. The lowest BCUT2D eigenvalue weighted by atomic mass is 9.30. The van der Waals surface area contributed by atoms with Gasteiger partial charge in [-0.3, -0.25) is 0 Å². The van der Waals surface area contributed by atoms with Gasteiger partial charge in [-0.1, -0.05) is 12.1 Å².